The Morgan fingerprint density at radius 3 is 2.31 bits per heavy atom. The minimum atomic E-state index is -1.27. The molecule has 0 aliphatic carbocycles. The van der Waals surface area contributed by atoms with Gasteiger partial charge in [-0.15, -0.1) is 0 Å². The number of hydrogen-bond acceptors (Lipinski definition) is 2. The van der Waals surface area contributed by atoms with E-state index in [9.17, 15) is 9.32 Å². The van der Waals surface area contributed by atoms with E-state index < -0.39 is 16.9 Å². The Morgan fingerprint density at radius 2 is 1.52 bits per heavy atom. The van der Waals surface area contributed by atoms with E-state index in [4.69, 9.17) is 0 Å². The largest absolute Gasteiger partial charge is 0.387 e. The van der Waals surface area contributed by atoms with Crippen molar-refractivity contribution in [1.29, 1.82) is 0 Å². The Bertz CT molecular complexity index is 1170. The first-order valence-electron chi connectivity index (χ1n) is 9.75. The van der Waals surface area contributed by atoms with Crippen molar-refractivity contribution in [3.63, 3.8) is 0 Å². The molecule has 4 aromatic rings. The van der Waals surface area contributed by atoms with Crippen LogP contribution in [0.4, 0.5) is 0 Å². The third kappa shape index (κ3) is 4.02. The number of rotatable bonds is 5. The molecule has 0 radical (unpaired) electrons. The van der Waals surface area contributed by atoms with Gasteiger partial charge in [0.2, 0.25) is 0 Å². The number of aliphatic hydroxyl groups excluding tert-OH is 1. The van der Waals surface area contributed by atoms with Crippen LogP contribution in [0.1, 0.15) is 22.8 Å². The van der Waals surface area contributed by atoms with Gasteiger partial charge in [0.05, 0.1) is 22.7 Å². The molecule has 29 heavy (non-hydrogen) atoms. The molecule has 0 bridgehead atoms. The maximum absolute atomic E-state index is 12.8. The molecule has 0 saturated carbocycles. The van der Waals surface area contributed by atoms with E-state index in [-0.39, 0.29) is 5.75 Å². The van der Waals surface area contributed by atoms with E-state index >= 15 is 0 Å². The SMILES string of the molecule is Cc1ccc(S(=O)C[C@H](O)c2cccc(C)c2-c2cccc3ccccc23)cc1. The third-order valence-electron chi connectivity index (χ3n) is 5.32. The Balaban J connectivity index is 1.74. The van der Waals surface area contributed by atoms with Gasteiger partial charge in [-0.05, 0) is 59.0 Å². The highest BCUT2D eigenvalue weighted by Gasteiger charge is 2.20. The average molecular weight is 401 g/mol. The molecule has 1 unspecified atom stereocenters. The summed E-state index contributed by atoms with van der Waals surface area (Å²) in [5.41, 5.74) is 5.16. The van der Waals surface area contributed by atoms with Crippen LogP contribution in [0.2, 0.25) is 0 Å². The van der Waals surface area contributed by atoms with Gasteiger partial charge in [-0.25, -0.2) is 0 Å². The topological polar surface area (TPSA) is 37.3 Å². The molecule has 2 nitrogen and oxygen atoms in total. The van der Waals surface area contributed by atoms with Crippen molar-refractivity contribution >= 4 is 21.6 Å². The second kappa shape index (κ2) is 8.32. The first-order valence-corrected chi connectivity index (χ1v) is 11.1. The summed E-state index contributed by atoms with van der Waals surface area (Å²) in [4.78, 5) is 0.744. The number of hydrogen-bond donors (Lipinski definition) is 1. The molecule has 4 aromatic carbocycles. The normalized spacial score (nSPS) is 13.3. The van der Waals surface area contributed by atoms with Crippen molar-refractivity contribution in [2.45, 2.75) is 24.8 Å². The Kier molecular flexibility index (Phi) is 5.61. The van der Waals surface area contributed by atoms with Crippen LogP contribution in [0.25, 0.3) is 21.9 Å². The summed E-state index contributed by atoms with van der Waals surface area (Å²) >= 11 is 0. The van der Waals surface area contributed by atoms with E-state index in [1.807, 2.05) is 61.5 Å². The van der Waals surface area contributed by atoms with Gasteiger partial charge in [0.1, 0.15) is 0 Å². The van der Waals surface area contributed by atoms with Crippen LogP contribution >= 0.6 is 0 Å². The lowest BCUT2D eigenvalue weighted by molar-refractivity contribution is 0.203. The lowest BCUT2D eigenvalue weighted by Crippen LogP contribution is -2.11. The van der Waals surface area contributed by atoms with Crippen LogP contribution in [0, 0.1) is 13.8 Å². The van der Waals surface area contributed by atoms with Crippen LogP contribution in [-0.4, -0.2) is 15.1 Å². The molecule has 1 N–H and O–H groups in total. The molecule has 3 heteroatoms. The van der Waals surface area contributed by atoms with Gasteiger partial charge in [0.25, 0.3) is 0 Å². The molecule has 146 valence electrons. The molecule has 0 fully saturated rings. The van der Waals surface area contributed by atoms with Crippen LogP contribution in [0.5, 0.6) is 0 Å². The van der Waals surface area contributed by atoms with Crippen LogP contribution < -0.4 is 0 Å². The van der Waals surface area contributed by atoms with Gasteiger partial charge in [-0.1, -0.05) is 78.4 Å². The van der Waals surface area contributed by atoms with Gasteiger partial charge in [0, 0.05) is 4.90 Å². The van der Waals surface area contributed by atoms with Gasteiger partial charge in [-0.2, -0.15) is 0 Å². The van der Waals surface area contributed by atoms with Crippen molar-refractivity contribution in [2.75, 3.05) is 5.75 Å². The van der Waals surface area contributed by atoms with Crippen molar-refractivity contribution in [1.82, 2.24) is 0 Å². The zero-order chi connectivity index (χ0) is 20.4. The Morgan fingerprint density at radius 1 is 0.828 bits per heavy atom. The van der Waals surface area contributed by atoms with E-state index in [1.165, 1.54) is 0 Å². The standard InChI is InChI=1S/C26H24O2S/c1-18-13-15-21(16-14-18)29(28)17-25(27)24-12-5-7-19(2)26(24)23-11-6-9-20-8-3-4-10-22(20)23/h3-16,25,27H,17H2,1-2H3/t25-,29?/m0/s1. The second-order valence-electron chi connectivity index (χ2n) is 7.41. The maximum Gasteiger partial charge on any atom is 0.0914 e. The lowest BCUT2D eigenvalue weighted by atomic mass is 9.89. The van der Waals surface area contributed by atoms with Crippen LogP contribution in [-0.2, 0) is 10.8 Å². The van der Waals surface area contributed by atoms with Crippen molar-refractivity contribution in [3.8, 4) is 11.1 Å². The van der Waals surface area contributed by atoms with Gasteiger partial charge in [0.15, 0.2) is 0 Å². The highest BCUT2D eigenvalue weighted by molar-refractivity contribution is 7.85. The molecular formula is C26H24O2S. The summed E-state index contributed by atoms with van der Waals surface area (Å²) < 4.78 is 12.8. The highest BCUT2D eigenvalue weighted by atomic mass is 32.2. The number of aryl methyl sites for hydroxylation is 2. The Labute approximate surface area is 174 Å². The second-order valence-corrected chi connectivity index (χ2v) is 8.90. The minimum absolute atomic E-state index is 0.171. The predicted octanol–water partition coefficient (Wildman–Crippen LogP) is 5.96. The Hall–Kier alpha value is -2.75. The molecular weight excluding hydrogens is 376 g/mol. The summed E-state index contributed by atoms with van der Waals surface area (Å²) in [5.74, 6) is 0.171. The first-order chi connectivity index (χ1) is 14.0. The van der Waals surface area contributed by atoms with Gasteiger partial charge < -0.3 is 5.11 Å². The zero-order valence-corrected chi connectivity index (χ0v) is 17.4. The number of benzene rings is 4. The predicted molar refractivity (Wildman–Crippen MR) is 122 cm³/mol. The molecule has 0 amide bonds. The molecule has 0 spiro atoms. The summed E-state index contributed by atoms with van der Waals surface area (Å²) in [7, 11) is -1.27. The average Bonchev–Trinajstić information content (AvgIpc) is 2.73. The summed E-state index contributed by atoms with van der Waals surface area (Å²) in [6.45, 7) is 4.06. The lowest BCUT2D eigenvalue weighted by Gasteiger charge is -2.19. The molecule has 2 atom stereocenters. The van der Waals surface area contributed by atoms with Crippen LogP contribution in [0.3, 0.4) is 0 Å². The smallest absolute Gasteiger partial charge is 0.0914 e. The molecule has 4 rings (SSSR count). The fourth-order valence-corrected chi connectivity index (χ4v) is 4.90. The monoisotopic (exact) mass is 400 g/mol. The third-order valence-corrected chi connectivity index (χ3v) is 6.73. The van der Waals surface area contributed by atoms with E-state index in [1.54, 1.807) is 0 Å². The zero-order valence-electron chi connectivity index (χ0n) is 16.6. The molecule has 0 aliphatic rings. The first kappa shape index (κ1) is 19.6. The van der Waals surface area contributed by atoms with E-state index in [0.717, 1.165) is 43.5 Å². The van der Waals surface area contributed by atoms with E-state index in [2.05, 4.69) is 37.3 Å². The number of fused-ring (bicyclic) bond motifs is 1. The van der Waals surface area contributed by atoms with Crippen molar-refractivity contribution in [2.24, 2.45) is 0 Å². The molecule has 0 aliphatic heterocycles. The summed E-state index contributed by atoms with van der Waals surface area (Å²) in [6, 6.07) is 28.1. The number of aliphatic hydroxyl groups is 1. The fourth-order valence-electron chi connectivity index (χ4n) is 3.80. The van der Waals surface area contributed by atoms with Crippen molar-refractivity contribution in [3.05, 3.63) is 102 Å². The minimum Gasteiger partial charge on any atom is -0.387 e. The van der Waals surface area contributed by atoms with E-state index in [0.29, 0.717) is 0 Å². The molecule has 0 heterocycles. The van der Waals surface area contributed by atoms with Gasteiger partial charge in [-0.3, -0.25) is 4.21 Å². The summed E-state index contributed by atoms with van der Waals surface area (Å²) in [5, 5.41) is 13.4. The maximum atomic E-state index is 12.8. The molecule has 0 saturated heterocycles. The summed E-state index contributed by atoms with van der Waals surface area (Å²) in [6.07, 6.45) is -0.814. The highest BCUT2D eigenvalue weighted by Crippen LogP contribution is 2.36. The quantitative estimate of drug-likeness (QED) is 0.448. The van der Waals surface area contributed by atoms with Crippen LogP contribution in [0.15, 0.2) is 89.8 Å². The van der Waals surface area contributed by atoms with Gasteiger partial charge >= 0.3 is 0 Å². The molecule has 0 aromatic heterocycles. The fraction of sp³-hybridized carbons (Fsp3) is 0.154. The van der Waals surface area contributed by atoms with Crippen molar-refractivity contribution < 1.29 is 9.32 Å².